The number of carbonyl (C=O) groups is 2. The molecular weight excluding hydrogens is 194 g/mol. The van der Waals surface area contributed by atoms with Crippen LogP contribution in [0.5, 0.6) is 0 Å². The molecule has 0 aromatic rings. The highest BCUT2D eigenvalue weighted by Gasteiger charge is 1.95. The van der Waals surface area contributed by atoms with E-state index in [0.29, 0.717) is 5.57 Å². The molecule has 0 saturated carbocycles. The van der Waals surface area contributed by atoms with E-state index >= 15 is 0 Å². The average Bonchev–Trinajstić information content (AvgIpc) is 2.18. The second kappa shape index (κ2) is 14.5. The van der Waals surface area contributed by atoms with E-state index in [1.165, 1.54) is 7.11 Å². The molecule has 4 heteroatoms. The molecule has 84 valence electrons. The minimum Gasteiger partial charge on any atom is -0.466 e. The third-order valence-corrected chi connectivity index (χ3v) is 0.735. The molecule has 0 atom stereocenters. The van der Waals surface area contributed by atoms with Crippen LogP contribution < -0.4 is 5.73 Å². The maximum absolute atomic E-state index is 10.2. The van der Waals surface area contributed by atoms with Crippen molar-refractivity contribution in [2.24, 2.45) is 5.73 Å². The van der Waals surface area contributed by atoms with Crippen LogP contribution in [-0.2, 0) is 14.3 Å². The van der Waals surface area contributed by atoms with Gasteiger partial charge in [-0.1, -0.05) is 26.3 Å². The van der Waals surface area contributed by atoms with Crippen LogP contribution in [0.15, 0.2) is 43.7 Å². The van der Waals surface area contributed by atoms with Crippen molar-refractivity contribution in [2.75, 3.05) is 7.11 Å². The average molecular weight is 211 g/mol. The number of methoxy groups -OCH3 is 1. The zero-order valence-corrected chi connectivity index (χ0v) is 9.21. The molecule has 0 unspecified atom stereocenters. The van der Waals surface area contributed by atoms with Crippen molar-refractivity contribution >= 4 is 11.9 Å². The van der Waals surface area contributed by atoms with Crippen molar-refractivity contribution in [2.45, 2.75) is 6.92 Å². The van der Waals surface area contributed by atoms with Crippen molar-refractivity contribution in [3.8, 4) is 0 Å². The fourth-order valence-electron chi connectivity index (χ4n) is 0.174. The third kappa shape index (κ3) is 33.4. The number of hydrogen-bond donors (Lipinski definition) is 1. The van der Waals surface area contributed by atoms with E-state index in [-0.39, 0.29) is 5.97 Å². The standard InChI is InChI=1S/C5H8O2.C3H5NO.C3H4/c1-4(2)5(6)7-3;1-2-3(4)5;1-3-2/h1H2,2-3H3;2H,1H2,(H2,4,5);1-2H2. The predicted octanol–water partition coefficient (Wildman–Crippen LogP) is 1.35. The Balaban J connectivity index is -0.000000158. The van der Waals surface area contributed by atoms with Crippen LogP contribution in [0.1, 0.15) is 6.92 Å². The maximum Gasteiger partial charge on any atom is 0.332 e. The van der Waals surface area contributed by atoms with Crippen LogP contribution in [0.3, 0.4) is 0 Å². The quantitative estimate of drug-likeness (QED) is 0.426. The number of esters is 1. The van der Waals surface area contributed by atoms with E-state index in [2.05, 4.69) is 42.5 Å². The van der Waals surface area contributed by atoms with Crippen LogP contribution in [-0.4, -0.2) is 19.0 Å². The number of hydrogen-bond acceptors (Lipinski definition) is 3. The molecule has 1 amide bonds. The van der Waals surface area contributed by atoms with E-state index in [9.17, 15) is 9.59 Å². The van der Waals surface area contributed by atoms with Gasteiger partial charge in [-0.2, -0.15) is 0 Å². The molecule has 0 saturated heterocycles. The summed E-state index contributed by atoms with van der Waals surface area (Å²) >= 11 is 0. The van der Waals surface area contributed by atoms with Gasteiger partial charge in [-0.3, -0.25) is 4.79 Å². The molecule has 0 heterocycles. The molecule has 0 aliphatic heterocycles. The van der Waals surface area contributed by atoms with E-state index in [0.717, 1.165) is 6.08 Å². The number of nitrogens with two attached hydrogens (primary N) is 1. The van der Waals surface area contributed by atoms with Crippen molar-refractivity contribution < 1.29 is 14.3 Å². The first-order valence-electron chi connectivity index (χ1n) is 3.82. The highest BCUT2D eigenvalue weighted by molar-refractivity contribution is 5.86. The van der Waals surface area contributed by atoms with E-state index < -0.39 is 5.91 Å². The molecular formula is C11H17NO3. The summed E-state index contributed by atoms with van der Waals surface area (Å²) in [6, 6.07) is 0. The van der Waals surface area contributed by atoms with Crippen molar-refractivity contribution in [3.63, 3.8) is 0 Å². The largest absolute Gasteiger partial charge is 0.466 e. The molecule has 15 heavy (non-hydrogen) atoms. The fraction of sp³-hybridized carbons (Fsp3) is 0.182. The van der Waals surface area contributed by atoms with Gasteiger partial charge in [0.1, 0.15) is 0 Å². The molecule has 0 fully saturated rings. The second-order valence-electron chi connectivity index (χ2n) is 2.13. The van der Waals surface area contributed by atoms with Crippen LogP contribution in [0.4, 0.5) is 0 Å². The van der Waals surface area contributed by atoms with Crippen LogP contribution in [0.25, 0.3) is 0 Å². The summed E-state index contributed by atoms with van der Waals surface area (Å²) in [7, 11) is 1.33. The summed E-state index contributed by atoms with van der Waals surface area (Å²) < 4.78 is 4.27. The smallest absolute Gasteiger partial charge is 0.332 e. The zero-order valence-electron chi connectivity index (χ0n) is 9.21. The minimum absolute atomic E-state index is 0.347. The van der Waals surface area contributed by atoms with Gasteiger partial charge >= 0.3 is 5.97 Å². The van der Waals surface area contributed by atoms with Gasteiger partial charge in [0, 0.05) is 5.57 Å². The molecule has 0 radical (unpaired) electrons. The fourth-order valence-corrected chi connectivity index (χ4v) is 0.174. The van der Waals surface area contributed by atoms with Crippen molar-refractivity contribution in [3.05, 3.63) is 43.7 Å². The lowest BCUT2D eigenvalue weighted by molar-refractivity contribution is -0.136. The van der Waals surface area contributed by atoms with Crippen LogP contribution in [0, 0.1) is 0 Å². The SMILES string of the molecule is C=C(C)C(=O)OC.C=C=C.C=CC(N)=O. The lowest BCUT2D eigenvalue weighted by Gasteiger charge is -1.91. The first-order valence-corrected chi connectivity index (χ1v) is 3.82. The van der Waals surface area contributed by atoms with Gasteiger partial charge in [-0.25, -0.2) is 4.79 Å². The Hall–Kier alpha value is -2.06. The summed E-state index contributed by atoms with van der Waals surface area (Å²) in [6.07, 6.45) is 1.06. The van der Waals surface area contributed by atoms with Crippen molar-refractivity contribution in [1.29, 1.82) is 0 Å². The highest BCUT2D eigenvalue weighted by Crippen LogP contribution is 1.87. The van der Waals surface area contributed by atoms with Gasteiger partial charge < -0.3 is 10.5 Å². The molecule has 0 aliphatic rings. The Morgan fingerprint density at radius 3 is 1.67 bits per heavy atom. The zero-order chi connectivity index (χ0) is 12.9. The summed E-state index contributed by atoms with van der Waals surface area (Å²) in [4.78, 5) is 19.7. The van der Waals surface area contributed by atoms with Gasteiger partial charge in [0.25, 0.3) is 0 Å². The van der Waals surface area contributed by atoms with Gasteiger partial charge in [-0.05, 0) is 13.0 Å². The number of primary amides is 1. The van der Waals surface area contributed by atoms with Gasteiger partial charge in [0.05, 0.1) is 7.11 Å². The summed E-state index contributed by atoms with van der Waals surface area (Å²) in [5, 5.41) is 0. The molecule has 4 nitrogen and oxygen atoms in total. The molecule has 0 rings (SSSR count). The number of amides is 1. The third-order valence-electron chi connectivity index (χ3n) is 0.735. The molecule has 0 aliphatic carbocycles. The molecule has 0 aromatic heterocycles. The van der Waals surface area contributed by atoms with Crippen LogP contribution >= 0.6 is 0 Å². The topological polar surface area (TPSA) is 69.4 Å². The lowest BCUT2D eigenvalue weighted by Crippen LogP contribution is -2.04. The predicted molar refractivity (Wildman–Crippen MR) is 61.0 cm³/mol. The lowest BCUT2D eigenvalue weighted by atomic mass is 10.4. The highest BCUT2D eigenvalue weighted by atomic mass is 16.5. The molecule has 0 spiro atoms. The Kier molecular flexibility index (Phi) is 18.0. The van der Waals surface area contributed by atoms with Crippen molar-refractivity contribution in [1.82, 2.24) is 0 Å². The first kappa shape index (κ1) is 18.7. The maximum atomic E-state index is 10.2. The monoisotopic (exact) mass is 211 g/mol. The van der Waals surface area contributed by atoms with Gasteiger partial charge in [-0.15, -0.1) is 5.73 Å². The number of rotatable bonds is 2. The first-order chi connectivity index (χ1) is 6.87. The molecule has 2 N–H and O–H groups in total. The second-order valence-corrected chi connectivity index (χ2v) is 2.13. The Morgan fingerprint density at radius 2 is 1.67 bits per heavy atom. The Bertz CT molecular complexity index is 261. The van der Waals surface area contributed by atoms with Gasteiger partial charge in [0.15, 0.2) is 0 Å². The molecule has 0 bridgehead atoms. The number of ether oxygens (including phenoxy) is 1. The normalized spacial score (nSPS) is 6.27. The van der Waals surface area contributed by atoms with E-state index in [4.69, 9.17) is 0 Å². The molecule has 0 aromatic carbocycles. The van der Waals surface area contributed by atoms with Gasteiger partial charge in [0.2, 0.25) is 5.91 Å². The Morgan fingerprint density at radius 1 is 1.40 bits per heavy atom. The summed E-state index contributed by atoms with van der Waals surface area (Å²) in [5.41, 5.74) is 7.22. The summed E-state index contributed by atoms with van der Waals surface area (Å²) in [6.45, 7) is 14.3. The Labute approximate surface area is 90.4 Å². The van der Waals surface area contributed by atoms with E-state index in [1.807, 2.05) is 0 Å². The van der Waals surface area contributed by atoms with E-state index in [1.54, 1.807) is 6.92 Å². The number of carbonyl (C=O) groups excluding carboxylic acids is 2. The summed E-state index contributed by atoms with van der Waals surface area (Å²) in [5.74, 6) is -0.829. The minimum atomic E-state index is -0.481. The van der Waals surface area contributed by atoms with Crippen LogP contribution in [0.2, 0.25) is 0 Å².